The minimum atomic E-state index is -3.55. The van der Waals surface area contributed by atoms with Crippen LogP contribution in [0.4, 0.5) is 8.78 Å². The number of rotatable bonds is 6. The van der Waals surface area contributed by atoms with E-state index in [2.05, 4.69) is 0 Å². The minimum Gasteiger partial charge on any atom is -0.394 e. The van der Waals surface area contributed by atoms with Crippen LogP contribution in [-0.2, 0) is 14.8 Å². The smallest absolute Gasteiger partial charge is 0.315 e. The van der Waals surface area contributed by atoms with Crippen LogP contribution in [-0.4, -0.2) is 53.8 Å². The number of carbonyl (C=O) groups is 1. The van der Waals surface area contributed by atoms with Crippen molar-refractivity contribution >= 4 is 15.9 Å². The van der Waals surface area contributed by atoms with Gasteiger partial charge in [-0.25, -0.2) is 8.42 Å². The second-order valence-corrected chi connectivity index (χ2v) is 5.97. The van der Waals surface area contributed by atoms with Crippen molar-refractivity contribution in [3.8, 4) is 0 Å². The van der Waals surface area contributed by atoms with E-state index >= 15 is 0 Å². The van der Waals surface area contributed by atoms with Gasteiger partial charge in [-0.3, -0.25) is 8.77 Å². The van der Waals surface area contributed by atoms with Crippen LogP contribution < -0.4 is 5.32 Å². The molecule has 0 saturated heterocycles. The molecule has 3 N–H and O–H groups in total. The summed E-state index contributed by atoms with van der Waals surface area (Å²) in [6, 6.07) is -0.130. The first kappa shape index (κ1) is 16.5. The Balaban J connectivity index is 2.89. The van der Waals surface area contributed by atoms with Gasteiger partial charge in [0.15, 0.2) is 0 Å². The molecule has 0 radical (unpaired) electrons. The summed E-state index contributed by atoms with van der Waals surface area (Å²) in [6.07, 6.45) is -1.65. The number of aliphatic hydroxyl groups excluding tert-OH is 2. The largest absolute Gasteiger partial charge is 0.394 e. The average molecular weight is 312 g/mol. The van der Waals surface area contributed by atoms with E-state index in [-0.39, 0.29) is 5.56 Å². The van der Waals surface area contributed by atoms with Crippen LogP contribution in [0.25, 0.3) is 0 Å². The molecule has 7 nitrogen and oxygen atoms in total. The van der Waals surface area contributed by atoms with Crippen molar-refractivity contribution in [3.63, 3.8) is 0 Å². The van der Waals surface area contributed by atoms with Gasteiger partial charge in [-0.15, -0.1) is 0 Å². The maximum absolute atomic E-state index is 12.1. The van der Waals surface area contributed by atoms with Crippen molar-refractivity contribution in [2.75, 3.05) is 12.9 Å². The minimum absolute atomic E-state index is 0.0593. The van der Waals surface area contributed by atoms with Gasteiger partial charge in [-0.05, 0) is 6.07 Å². The molecule has 0 aromatic carbocycles. The zero-order valence-corrected chi connectivity index (χ0v) is 11.2. The van der Waals surface area contributed by atoms with E-state index < -0.39 is 41.1 Å². The number of nitrogens with one attached hydrogen (secondary N) is 1. The number of aliphatic hydroxyl groups is 2. The van der Waals surface area contributed by atoms with Crippen LogP contribution in [0.15, 0.2) is 18.5 Å². The lowest BCUT2D eigenvalue weighted by Gasteiger charge is -2.21. The van der Waals surface area contributed by atoms with Crippen LogP contribution in [0.5, 0.6) is 0 Å². The van der Waals surface area contributed by atoms with E-state index in [1.807, 2.05) is 0 Å². The molecule has 1 heterocycles. The lowest BCUT2D eigenvalue weighted by atomic mass is 10.1. The third-order valence-electron chi connectivity index (χ3n) is 2.52. The van der Waals surface area contributed by atoms with Crippen molar-refractivity contribution in [3.05, 3.63) is 24.0 Å². The number of carbonyl (C=O) groups excluding carboxylic acids is 1. The number of hydrogen-bond acceptors (Lipinski definition) is 5. The molecule has 0 saturated carbocycles. The fourth-order valence-electron chi connectivity index (χ4n) is 1.48. The molecule has 0 aliphatic heterocycles. The Kier molecular flexibility index (Phi) is 5.20. The standard InChI is InChI=1S/C10H14F2N2O5S/c1-20(18,19)14-3-2-6(4-14)8(16)7(5-15)13-10(17)9(11)12/h2-4,7-9,15-16H,5H2,1H3,(H,13,17). The molecule has 114 valence electrons. The zero-order valence-electron chi connectivity index (χ0n) is 10.4. The molecule has 0 fully saturated rings. The third kappa shape index (κ3) is 3.99. The summed E-state index contributed by atoms with van der Waals surface area (Å²) in [7, 11) is -3.55. The van der Waals surface area contributed by atoms with Crippen LogP contribution in [0.2, 0.25) is 0 Å². The van der Waals surface area contributed by atoms with E-state index in [1.165, 1.54) is 6.07 Å². The third-order valence-corrected chi connectivity index (χ3v) is 3.51. The van der Waals surface area contributed by atoms with Gasteiger partial charge in [0.1, 0.15) is 6.10 Å². The highest BCUT2D eigenvalue weighted by Crippen LogP contribution is 2.18. The SMILES string of the molecule is CS(=O)(=O)n1ccc(C(O)C(CO)NC(=O)C(F)F)c1. The van der Waals surface area contributed by atoms with Gasteiger partial charge < -0.3 is 15.5 Å². The maximum Gasteiger partial charge on any atom is 0.315 e. The number of amides is 1. The van der Waals surface area contributed by atoms with Gasteiger partial charge in [0.05, 0.1) is 18.9 Å². The van der Waals surface area contributed by atoms with E-state index in [9.17, 15) is 27.1 Å². The highest BCUT2D eigenvalue weighted by molar-refractivity contribution is 7.89. The highest BCUT2D eigenvalue weighted by Gasteiger charge is 2.26. The first-order valence-corrected chi connectivity index (χ1v) is 7.27. The summed E-state index contributed by atoms with van der Waals surface area (Å²) in [4.78, 5) is 10.8. The van der Waals surface area contributed by atoms with Crippen LogP contribution in [0.3, 0.4) is 0 Å². The number of hydrogen-bond donors (Lipinski definition) is 3. The lowest BCUT2D eigenvalue weighted by molar-refractivity contribution is -0.133. The maximum atomic E-state index is 12.1. The van der Waals surface area contributed by atoms with Crippen molar-refractivity contribution in [2.45, 2.75) is 18.6 Å². The topological polar surface area (TPSA) is 109 Å². The number of aromatic nitrogens is 1. The van der Waals surface area contributed by atoms with Gasteiger partial charge in [0.25, 0.3) is 5.91 Å². The molecular weight excluding hydrogens is 298 g/mol. The van der Waals surface area contributed by atoms with Crippen molar-refractivity contribution in [2.24, 2.45) is 0 Å². The van der Waals surface area contributed by atoms with Gasteiger partial charge in [0, 0.05) is 18.0 Å². The van der Waals surface area contributed by atoms with Gasteiger partial charge in [-0.1, -0.05) is 0 Å². The van der Waals surface area contributed by atoms with Crippen molar-refractivity contribution in [1.82, 2.24) is 9.29 Å². The summed E-state index contributed by atoms with van der Waals surface area (Å²) in [5.74, 6) is -1.63. The Bertz CT molecular complexity index is 572. The molecule has 0 bridgehead atoms. The summed E-state index contributed by atoms with van der Waals surface area (Å²) in [6.45, 7) is -0.788. The summed E-state index contributed by atoms with van der Waals surface area (Å²) < 4.78 is 47.5. The molecule has 0 aliphatic rings. The lowest BCUT2D eigenvalue weighted by Crippen LogP contribution is -2.44. The molecule has 1 amide bonds. The van der Waals surface area contributed by atoms with Crippen molar-refractivity contribution in [1.29, 1.82) is 0 Å². The first-order valence-electron chi connectivity index (χ1n) is 5.42. The van der Waals surface area contributed by atoms with Crippen LogP contribution >= 0.6 is 0 Å². The Morgan fingerprint density at radius 2 is 2.10 bits per heavy atom. The Morgan fingerprint density at radius 3 is 2.50 bits per heavy atom. The average Bonchev–Trinajstić information content (AvgIpc) is 2.83. The van der Waals surface area contributed by atoms with E-state index in [1.54, 1.807) is 5.32 Å². The molecule has 2 atom stereocenters. The second kappa shape index (κ2) is 6.29. The fraction of sp³-hybridized carbons (Fsp3) is 0.500. The molecular formula is C10H14F2N2O5S. The van der Waals surface area contributed by atoms with Crippen LogP contribution in [0, 0.1) is 0 Å². The molecule has 1 aromatic heterocycles. The predicted molar refractivity (Wildman–Crippen MR) is 64.7 cm³/mol. The van der Waals surface area contributed by atoms with Gasteiger partial charge in [0.2, 0.25) is 10.0 Å². The second-order valence-electron chi connectivity index (χ2n) is 4.08. The number of halogens is 2. The van der Waals surface area contributed by atoms with E-state index in [0.717, 1.165) is 22.6 Å². The van der Waals surface area contributed by atoms with E-state index in [0.29, 0.717) is 0 Å². The number of nitrogens with zero attached hydrogens (tertiary/aromatic N) is 1. The monoisotopic (exact) mass is 312 g/mol. The first-order chi connectivity index (χ1) is 9.16. The van der Waals surface area contributed by atoms with Gasteiger partial charge in [-0.2, -0.15) is 8.78 Å². The van der Waals surface area contributed by atoms with E-state index in [4.69, 9.17) is 5.11 Å². The molecule has 2 unspecified atom stereocenters. The van der Waals surface area contributed by atoms with Crippen LogP contribution in [0.1, 0.15) is 11.7 Å². The quantitative estimate of drug-likeness (QED) is 0.629. The fourth-order valence-corrected chi connectivity index (χ4v) is 2.07. The Morgan fingerprint density at radius 1 is 1.50 bits per heavy atom. The Hall–Kier alpha value is -1.52. The summed E-state index contributed by atoms with van der Waals surface area (Å²) in [5, 5.41) is 20.6. The highest BCUT2D eigenvalue weighted by atomic mass is 32.2. The number of alkyl halides is 2. The Labute approximate surface area is 113 Å². The zero-order chi connectivity index (χ0) is 15.5. The molecule has 0 aliphatic carbocycles. The summed E-state index contributed by atoms with van der Waals surface area (Å²) in [5.41, 5.74) is 0.0593. The normalized spacial score (nSPS) is 15.1. The molecule has 20 heavy (non-hydrogen) atoms. The van der Waals surface area contributed by atoms with Crippen molar-refractivity contribution < 1.29 is 32.2 Å². The molecule has 1 aromatic rings. The molecule has 1 rings (SSSR count). The predicted octanol–water partition coefficient (Wildman–Crippen LogP) is -0.929. The molecule has 0 spiro atoms. The van der Waals surface area contributed by atoms with Gasteiger partial charge >= 0.3 is 6.43 Å². The summed E-state index contributed by atoms with van der Waals surface area (Å²) >= 11 is 0. The molecule has 10 heteroatoms.